The zero-order chi connectivity index (χ0) is 14.7. The zero-order valence-corrected chi connectivity index (χ0v) is 12.7. The van der Waals surface area contributed by atoms with Crippen LogP contribution >= 0.6 is 15.9 Å². The lowest BCUT2D eigenvalue weighted by Gasteiger charge is -2.27. The number of carboxylic acid groups (broad SMARTS) is 1. The number of hydrogen-bond donors (Lipinski definition) is 1. The van der Waals surface area contributed by atoms with Crippen molar-refractivity contribution in [3.05, 3.63) is 29.8 Å². The van der Waals surface area contributed by atoms with Crippen LogP contribution in [0.3, 0.4) is 0 Å². The van der Waals surface area contributed by atoms with E-state index in [4.69, 9.17) is 9.84 Å². The van der Waals surface area contributed by atoms with E-state index in [0.717, 1.165) is 5.56 Å². The molecule has 1 aliphatic rings. The van der Waals surface area contributed by atoms with Gasteiger partial charge in [-0.15, -0.1) is 0 Å². The van der Waals surface area contributed by atoms with E-state index in [2.05, 4.69) is 15.9 Å². The van der Waals surface area contributed by atoms with Crippen molar-refractivity contribution in [2.24, 2.45) is 0 Å². The maximum Gasteiger partial charge on any atom is 0.305 e. The Hall–Kier alpha value is -1.56. The topological polar surface area (TPSA) is 66.8 Å². The number of carbonyl (C=O) groups excluding carboxylic acids is 1. The molecule has 0 radical (unpaired) electrons. The standard InChI is InChI=1S/C14H16BrNO4/c1-20-11-4-2-3-9(5-11)12(7-14(18)19)16-8-10(15)6-13(16)17/h2-5,10,12H,6-8H2,1H3,(H,18,19). The third-order valence-corrected chi connectivity index (χ3v) is 3.95. The highest BCUT2D eigenvalue weighted by Gasteiger charge is 2.35. The van der Waals surface area contributed by atoms with E-state index >= 15 is 0 Å². The third-order valence-electron chi connectivity index (χ3n) is 3.33. The summed E-state index contributed by atoms with van der Waals surface area (Å²) in [6.07, 6.45) is 0.290. The predicted octanol–water partition coefficient (Wildman–Crippen LogP) is 2.21. The largest absolute Gasteiger partial charge is 0.497 e. The molecule has 2 atom stereocenters. The van der Waals surface area contributed by atoms with Crippen molar-refractivity contribution < 1.29 is 19.4 Å². The molecule has 1 aliphatic heterocycles. The van der Waals surface area contributed by atoms with Crippen molar-refractivity contribution in [2.45, 2.75) is 23.7 Å². The Labute approximate surface area is 125 Å². The van der Waals surface area contributed by atoms with Crippen molar-refractivity contribution in [3.8, 4) is 5.75 Å². The molecule has 1 amide bonds. The molecule has 1 fully saturated rings. The van der Waals surface area contributed by atoms with Crippen LogP contribution in [0.4, 0.5) is 0 Å². The van der Waals surface area contributed by atoms with Crippen LogP contribution in [0.25, 0.3) is 0 Å². The first-order valence-electron chi connectivity index (χ1n) is 6.30. The number of halogens is 1. The van der Waals surface area contributed by atoms with Gasteiger partial charge in [-0.2, -0.15) is 0 Å². The second kappa shape index (κ2) is 6.26. The molecule has 1 aromatic carbocycles. The van der Waals surface area contributed by atoms with Gasteiger partial charge in [0.15, 0.2) is 0 Å². The molecule has 6 heteroatoms. The van der Waals surface area contributed by atoms with E-state index in [9.17, 15) is 9.59 Å². The Kier molecular flexibility index (Phi) is 4.65. The van der Waals surface area contributed by atoms with Crippen molar-refractivity contribution >= 4 is 27.8 Å². The summed E-state index contributed by atoms with van der Waals surface area (Å²) in [5.41, 5.74) is 0.779. The van der Waals surface area contributed by atoms with Crippen molar-refractivity contribution in [3.63, 3.8) is 0 Å². The van der Waals surface area contributed by atoms with Crippen molar-refractivity contribution in [2.75, 3.05) is 13.7 Å². The maximum absolute atomic E-state index is 12.0. The average Bonchev–Trinajstić information content (AvgIpc) is 2.74. The van der Waals surface area contributed by atoms with Gasteiger partial charge in [0, 0.05) is 17.8 Å². The number of amides is 1. The highest BCUT2D eigenvalue weighted by atomic mass is 79.9. The van der Waals surface area contributed by atoms with Gasteiger partial charge in [-0.3, -0.25) is 9.59 Å². The number of carboxylic acids is 1. The molecule has 0 aliphatic carbocycles. The van der Waals surface area contributed by atoms with Gasteiger partial charge in [-0.25, -0.2) is 0 Å². The van der Waals surface area contributed by atoms with Crippen molar-refractivity contribution in [1.29, 1.82) is 0 Å². The van der Waals surface area contributed by atoms with Crippen LogP contribution in [0, 0.1) is 0 Å². The molecule has 0 spiro atoms. The average molecular weight is 342 g/mol. The predicted molar refractivity (Wildman–Crippen MR) is 77.0 cm³/mol. The Morgan fingerprint density at radius 1 is 1.60 bits per heavy atom. The summed E-state index contributed by atoms with van der Waals surface area (Å²) in [5.74, 6) is -0.301. The van der Waals surface area contributed by atoms with Gasteiger partial charge < -0.3 is 14.7 Å². The fourth-order valence-corrected chi connectivity index (χ4v) is 3.00. The number of benzene rings is 1. The van der Waals surface area contributed by atoms with Gasteiger partial charge in [-0.05, 0) is 17.7 Å². The second-order valence-electron chi connectivity index (χ2n) is 4.74. The molecule has 1 saturated heterocycles. The highest BCUT2D eigenvalue weighted by Crippen LogP contribution is 2.32. The van der Waals surface area contributed by atoms with Crippen LogP contribution in [-0.2, 0) is 9.59 Å². The molecule has 0 aromatic heterocycles. The Balaban J connectivity index is 2.31. The first-order chi connectivity index (χ1) is 9.51. The Morgan fingerprint density at radius 2 is 2.35 bits per heavy atom. The first-order valence-corrected chi connectivity index (χ1v) is 7.22. The summed E-state index contributed by atoms with van der Waals surface area (Å²) < 4.78 is 5.16. The fraction of sp³-hybridized carbons (Fsp3) is 0.429. The number of likely N-dealkylation sites (tertiary alicyclic amines) is 1. The summed E-state index contributed by atoms with van der Waals surface area (Å²) >= 11 is 3.42. The van der Waals surface area contributed by atoms with Gasteiger partial charge in [0.1, 0.15) is 5.75 Å². The van der Waals surface area contributed by atoms with Crippen LogP contribution in [0.5, 0.6) is 5.75 Å². The lowest BCUT2D eigenvalue weighted by Crippen LogP contribution is -2.32. The summed E-state index contributed by atoms with van der Waals surface area (Å²) in [7, 11) is 1.56. The molecular formula is C14H16BrNO4. The van der Waals surface area contributed by atoms with Crippen molar-refractivity contribution in [1.82, 2.24) is 4.90 Å². The second-order valence-corrected chi connectivity index (χ2v) is 6.03. The third kappa shape index (κ3) is 3.30. The van der Waals surface area contributed by atoms with E-state index < -0.39 is 12.0 Å². The van der Waals surface area contributed by atoms with Crippen LogP contribution in [0.2, 0.25) is 0 Å². The molecule has 2 unspecified atom stereocenters. The number of aliphatic carboxylic acids is 1. The minimum absolute atomic E-state index is 0.0269. The minimum Gasteiger partial charge on any atom is -0.497 e. The molecule has 108 valence electrons. The van der Waals surface area contributed by atoms with Gasteiger partial charge in [-0.1, -0.05) is 28.1 Å². The summed E-state index contributed by atoms with van der Waals surface area (Å²) in [4.78, 5) is 24.8. The molecule has 0 bridgehead atoms. The fourth-order valence-electron chi connectivity index (χ4n) is 2.41. The van der Waals surface area contributed by atoms with Gasteiger partial charge in [0.25, 0.3) is 0 Å². The lowest BCUT2D eigenvalue weighted by molar-refractivity contribution is -0.139. The van der Waals surface area contributed by atoms with E-state index in [0.29, 0.717) is 18.7 Å². The van der Waals surface area contributed by atoms with E-state index in [1.54, 1.807) is 30.2 Å². The molecular weight excluding hydrogens is 326 g/mol. The Morgan fingerprint density at radius 3 is 2.90 bits per heavy atom. The number of methoxy groups -OCH3 is 1. The quantitative estimate of drug-likeness (QED) is 0.833. The van der Waals surface area contributed by atoms with Crippen LogP contribution in [0.1, 0.15) is 24.4 Å². The smallest absolute Gasteiger partial charge is 0.305 e. The number of carbonyl (C=O) groups is 2. The van der Waals surface area contributed by atoms with Gasteiger partial charge in [0.2, 0.25) is 5.91 Å². The normalized spacial score (nSPS) is 20.0. The SMILES string of the molecule is COc1cccc(C(CC(=O)O)N2CC(Br)CC2=O)c1. The van der Waals surface area contributed by atoms with Crippen LogP contribution < -0.4 is 4.74 Å². The molecule has 1 heterocycles. The number of hydrogen-bond acceptors (Lipinski definition) is 3. The molecule has 0 saturated carbocycles. The first kappa shape index (κ1) is 14.8. The monoisotopic (exact) mass is 341 g/mol. The van der Waals surface area contributed by atoms with Gasteiger partial charge >= 0.3 is 5.97 Å². The summed E-state index contributed by atoms with van der Waals surface area (Å²) in [6, 6.07) is 6.74. The highest BCUT2D eigenvalue weighted by molar-refractivity contribution is 9.09. The molecule has 1 aromatic rings. The number of ether oxygens (including phenoxy) is 1. The zero-order valence-electron chi connectivity index (χ0n) is 11.1. The number of nitrogens with zero attached hydrogens (tertiary/aromatic N) is 1. The molecule has 2 rings (SSSR count). The number of alkyl halides is 1. The Bertz CT molecular complexity index is 520. The molecule has 20 heavy (non-hydrogen) atoms. The van der Waals surface area contributed by atoms with E-state index in [1.165, 1.54) is 0 Å². The van der Waals surface area contributed by atoms with Crippen LogP contribution in [0.15, 0.2) is 24.3 Å². The lowest BCUT2D eigenvalue weighted by atomic mass is 10.0. The van der Waals surface area contributed by atoms with E-state index in [-0.39, 0.29) is 17.2 Å². The summed E-state index contributed by atoms with van der Waals surface area (Å²) in [6.45, 7) is 0.522. The maximum atomic E-state index is 12.0. The number of rotatable bonds is 5. The van der Waals surface area contributed by atoms with Crippen LogP contribution in [-0.4, -0.2) is 40.4 Å². The minimum atomic E-state index is -0.927. The van der Waals surface area contributed by atoms with Gasteiger partial charge in [0.05, 0.1) is 19.6 Å². The molecule has 5 nitrogen and oxygen atoms in total. The molecule has 1 N–H and O–H groups in total. The summed E-state index contributed by atoms with van der Waals surface area (Å²) in [5, 5.41) is 9.10. The van der Waals surface area contributed by atoms with E-state index in [1.807, 2.05) is 6.07 Å².